The Balaban J connectivity index is 2.41. The zero-order valence-electron chi connectivity index (χ0n) is 14.3. The summed E-state index contributed by atoms with van der Waals surface area (Å²) in [5.41, 5.74) is 16.2. The summed E-state index contributed by atoms with van der Waals surface area (Å²) in [6.45, 7) is 5.64. The van der Waals surface area contributed by atoms with Gasteiger partial charge >= 0.3 is 0 Å². The Bertz CT molecular complexity index is 1030. The fraction of sp³-hybridized carbons (Fsp3) is 0.222. The summed E-state index contributed by atoms with van der Waals surface area (Å²) in [6, 6.07) is 6.03. The van der Waals surface area contributed by atoms with Crippen LogP contribution in [0.2, 0.25) is 0 Å². The van der Waals surface area contributed by atoms with E-state index in [-0.39, 0.29) is 11.4 Å². The van der Waals surface area contributed by atoms with E-state index < -0.39 is 5.91 Å². The summed E-state index contributed by atoms with van der Waals surface area (Å²) < 4.78 is 1.74. The zero-order chi connectivity index (χ0) is 18.3. The zero-order valence-corrected chi connectivity index (χ0v) is 14.3. The minimum Gasteiger partial charge on any atom is -0.384 e. The molecule has 2 aromatic heterocycles. The van der Waals surface area contributed by atoms with Crippen LogP contribution in [-0.2, 0) is 6.42 Å². The number of carbonyl (C=O) groups is 1. The van der Waals surface area contributed by atoms with Gasteiger partial charge in [-0.3, -0.25) is 9.36 Å². The molecule has 0 unspecified atom stereocenters. The van der Waals surface area contributed by atoms with Crippen molar-refractivity contribution in [2.24, 2.45) is 5.73 Å². The normalized spacial score (nSPS) is 10.8. The Morgan fingerprint density at radius 3 is 2.48 bits per heavy atom. The molecule has 0 fully saturated rings. The molecule has 25 heavy (non-hydrogen) atoms. The van der Waals surface area contributed by atoms with Crippen LogP contribution in [0.4, 0.5) is 5.82 Å². The molecule has 0 saturated heterocycles. The van der Waals surface area contributed by atoms with Crippen molar-refractivity contribution in [2.45, 2.75) is 27.2 Å². The maximum atomic E-state index is 11.9. The third-order valence-electron chi connectivity index (χ3n) is 4.17. The van der Waals surface area contributed by atoms with Gasteiger partial charge in [0, 0.05) is 6.20 Å². The maximum Gasteiger partial charge on any atom is 0.253 e. The van der Waals surface area contributed by atoms with Crippen molar-refractivity contribution in [1.82, 2.24) is 14.5 Å². The highest BCUT2D eigenvalue weighted by Gasteiger charge is 2.23. The van der Waals surface area contributed by atoms with E-state index >= 15 is 0 Å². The number of primary amides is 1. The standard InChI is InChI=1S/C18H18N6O/c1-9-6-12(4-5-19)7-10(2)15(9)24-16(20)14(17(21)25)13-8-22-11(3)23-18(13)24/h6-8H,4,20H2,1-3H3,(H2,21,25). The van der Waals surface area contributed by atoms with Crippen molar-refractivity contribution in [3.63, 3.8) is 0 Å². The van der Waals surface area contributed by atoms with Crippen LogP contribution in [0.1, 0.15) is 32.9 Å². The van der Waals surface area contributed by atoms with Gasteiger partial charge in [-0.25, -0.2) is 9.97 Å². The van der Waals surface area contributed by atoms with Gasteiger partial charge in [-0.05, 0) is 37.5 Å². The van der Waals surface area contributed by atoms with Crippen molar-refractivity contribution in [3.05, 3.63) is 46.4 Å². The molecule has 0 spiro atoms. The second kappa shape index (κ2) is 5.91. The summed E-state index contributed by atoms with van der Waals surface area (Å²) in [4.78, 5) is 20.5. The van der Waals surface area contributed by atoms with Gasteiger partial charge in [0.1, 0.15) is 11.6 Å². The molecule has 3 rings (SSSR count). The highest BCUT2D eigenvalue weighted by molar-refractivity contribution is 6.10. The lowest BCUT2D eigenvalue weighted by Gasteiger charge is -2.15. The van der Waals surface area contributed by atoms with Crippen LogP contribution in [0, 0.1) is 32.1 Å². The molecule has 1 amide bonds. The van der Waals surface area contributed by atoms with Gasteiger partial charge < -0.3 is 11.5 Å². The fourth-order valence-corrected chi connectivity index (χ4v) is 3.25. The third-order valence-corrected chi connectivity index (χ3v) is 4.17. The number of carbonyl (C=O) groups excluding carboxylic acids is 1. The first kappa shape index (κ1) is 16.5. The number of aryl methyl sites for hydroxylation is 3. The molecular weight excluding hydrogens is 316 g/mol. The lowest BCUT2D eigenvalue weighted by atomic mass is 10.0. The number of anilines is 1. The van der Waals surface area contributed by atoms with Crippen LogP contribution in [0.5, 0.6) is 0 Å². The topological polar surface area (TPSA) is 124 Å². The predicted octanol–water partition coefficient (Wildman–Crippen LogP) is 2.09. The quantitative estimate of drug-likeness (QED) is 0.759. The van der Waals surface area contributed by atoms with Crippen LogP contribution in [0.25, 0.3) is 16.7 Å². The molecule has 7 nitrogen and oxygen atoms in total. The minimum absolute atomic E-state index is 0.218. The maximum absolute atomic E-state index is 11.9. The molecule has 0 atom stereocenters. The van der Waals surface area contributed by atoms with E-state index in [4.69, 9.17) is 16.7 Å². The SMILES string of the molecule is Cc1ncc2c(C(N)=O)c(N)n(-c3c(C)cc(CC#N)cc3C)c2n1. The molecule has 126 valence electrons. The number of hydrogen-bond donors (Lipinski definition) is 2. The van der Waals surface area contributed by atoms with E-state index in [0.717, 1.165) is 22.4 Å². The first-order chi connectivity index (χ1) is 11.8. The molecule has 4 N–H and O–H groups in total. The lowest BCUT2D eigenvalue weighted by Crippen LogP contribution is -2.14. The van der Waals surface area contributed by atoms with Gasteiger partial charge in [0.15, 0.2) is 5.65 Å². The second-order valence-corrected chi connectivity index (χ2v) is 6.03. The number of fused-ring (bicyclic) bond motifs is 1. The smallest absolute Gasteiger partial charge is 0.253 e. The van der Waals surface area contributed by atoms with Gasteiger partial charge in [0.05, 0.1) is 29.1 Å². The number of benzene rings is 1. The van der Waals surface area contributed by atoms with Crippen molar-refractivity contribution >= 4 is 22.8 Å². The molecule has 2 heterocycles. The van der Waals surface area contributed by atoms with Crippen LogP contribution in [0.15, 0.2) is 18.3 Å². The number of nitrogen functional groups attached to an aromatic ring is 1. The fourth-order valence-electron chi connectivity index (χ4n) is 3.25. The van der Waals surface area contributed by atoms with E-state index in [9.17, 15) is 4.79 Å². The van der Waals surface area contributed by atoms with Crippen LogP contribution < -0.4 is 11.5 Å². The van der Waals surface area contributed by atoms with Gasteiger partial charge in [-0.15, -0.1) is 0 Å². The molecule has 0 aliphatic heterocycles. The molecule has 0 aliphatic rings. The Morgan fingerprint density at radius 1 is 1.28 bits per heavy atom. The van der Waals surface area contributed by atoms with Gasteiger partial charge in [-0.2, -0.15) is 5.26 Å². The highest BCUT2D eigenvalue weighted by atomic mass is 16.1. The molecule has 3 aromatic rings. The number of amides is 1. The number of nitrogens with two attached hydrogens (primary N) is 2. The highest BCUT2D eigenvalue weighted by Crippen LogP contribution is 2.33. The number of hydrogen-bond acceptors (Lipinski definition) is 5. The molecule has 0 radical (unpaired) electrons. The number of nitriles is 1. The van der Waals surface area contributed by atoms with Crippen molar-refractivity contribution in [3.8, 4) is 11.8 Å². The average molecular weight is 334 g/mol. The molecular formula is C18H18N6O. The minimum atomic E-state index is -0.620. The van der Waals surface area contributed by atoms with Crippen molar-refractivity contribution in [2.75, 3.05) is 5.73 Å². The average Bonchev–Trinajstić information content (AvgIpc) is 2.79. The second-order valence-electron chi connectivity index (χ2n) is 6.03. The molecule has 7 heteroatoms. The van der Waals surface area contributed by atoms with E-state index in [1.165, 1.54) is 0 Å². The van der Waals surface area contributed by atoms with Gasteiger partial charge in [0.25, 0.3) is 5.91 Å². The summed E-state index contributed by atoms with van der Waals surface area (Å²) >= 11 is 0. The number of aromatic nitrogens is 3. The monoisotopic (exact) mass is 334 g/mol. The third kappa shape index (κ3) is 2.58. The van der Waals surface area contributed by atoms with Crippen molar-refractivity contribution < 1.29 is 4.79 Å². The van der Waals surface area contributed by atoms with Crippen molar-refractivity contribution in [1.29, 1.82) is 5.26 Å². The van der Waals surface area contributed by atoms with Crippen LogP contribution in [0.3, 0.4) is 0 Å². The summed E-state index contributed by atoms with van der Waals surface area (Å²) in [7, 11) is 0. The van der Waals surface area contributed by atoms with Gasteiger partial charge in [0.2, 0.25) is 0 Å². The molecule has 1 aromatic carbocycles. The summed E-state index contributed by atoms with van der Waals surface area (Å²) in [6.07, 6.45) is 1.90. The summed E-state index contributed by atoms with van der Waals surface area (Å²) in [5.74, 6) is 0.186. The lowest BCUT2D eigenvalue weighted by molar-refractivity contribution is 0.100. The van der Waals surface area contributed by atoms with E-state index in [2.05, 4.69) is 16.0 Å². The van der Waals surface area contributed by atoms with Crippen LogP contribution in [-0.4, -0.2) is 20.4 Å². The molecule has 0 bridgehead atoms. The molecule has 0 aliphatic carbocycles. The Morgan fingerprint density at radius 2 is 1.92 bits per heavy atom. The first-order valence-corrected chi connectivity index (χ1v) is 7.76. The molecule has 0 saturated carbocycles. The number of rotatable bonds is 3. The largest absolute Gasteiger partial charge is 0.384 e. The first-order valence-electron chi connectivity index (χ1n) is 7.76. The van der Waals surface area contributed by atoms with E-state index in [0.29, 0.717) is 23.3 Å². The number of nitrogens with zero attached hydrogens (tertiary/aromatic N) is 4. The van der Waals surface area contributed by atoms with Crippen LogP contribution >= 0.6 is 0 Å². The van der Waals surface area contributed by atoms with E-state index in [1.807, 2.05) is 26.0 Å². The Kier molecular flexibility index (Phi) is 3.89. The Labute approximate surface area is 144 Å². The Hall–Kier alpha value is -3.40. The summed E-state index contributed by atoms with van der Waals surface area (Å²) in [5, 5.41) is 9.45. The predicted molar refractivity (Wildman–Crippen MR) is 95.3 cm³/mol. The van der Waals surface area contributed by atoms with E-state index in [1.54, 1.807) is 17.7 Å². The van der Waals surface area contributed by atoms with Gasteiger partial charge in [-0.1, -0.05) is 12.1 Å².